The summed E-state index contributed by atoms with van der Waals surface area (Å²) in [4.78, 5) is 2.14. The minimum atomic E-state index is -0.270. The Labute approximate surface area is 183 Å². The molecule has 0 spiro atoms. The standard InChI is InChI=1S/C28H41NO/c1-27-15-6-5-7-21(27)10-13-23-24(27)14-16-28(2)25(23)18-20(26(28)30)17-19-8-11-22(12-9-19)29(3)4/h8-9,11-12,17,21,23-26,30H,5-7,10,13-16,18H2,1-4H3/b20-17-/t21?,23?,24?,25?,26?,27-,28-/m1/s1. The second kappa shape index (κ2) is 7.40. The molecule has 4 fully saturated rings. The molecule has 0 aromatic heterocycles. The summed E-state index contributed by atoms with van der Waals surface area (Å²) in [5.41, 5.74) is 4.40. The number of aliphatic hydroxyl groups is 1. The Kier molecular flexibility index (Phi) is 5.08. The molecule has 164 valence electrons. The van der Waals surface area contributed by atoms with Gasteiger partial charge in [0.15, 0.2) is 0 Å². The largest absolute Gasteiger partial charge is 0.388 e. The van der Waals surface area contributed by atoms with Gasteiger partial charge in [-0.15, -0.1) is 0 Å². The van der Waals surface area contributed by atoms with E-state index in [0.717, 1.165) is 24.2 Å². The predicted octanol–water partition coefficient (Wildman–Crippen LogP) is 6.54. The van der Waals surface area contributed by atoms with Crippen LogP contribution in [0.25, 0.3) is 6.08 Å². The van der Waals surface area contributed by atoms with E-state index in [4.69, 9.17) is 0 Å². The third-order valence-electron chi connectivity index (χ3n) is 10.2. The van der Waals surface area contributed by atoms with Gasteiger partial charge in [0.05, 0.1) is 6.10 Å². The Hall–Kier alpha value is -1.28. The Balaban J connectivity index is 1.41. The minimum absolute atomic E-state index is 0.0778. The Bertz CT molecular complexity index is 810. The molecule has 4 saturated carbocycles. The summed E-state index contributed by atoms with van der Waals surface area (Å²) >= 11 is 0. The fourth-order valence-corrected chi connectivity index (χ4v) is 8.38. The second-order valence-corrected chi connectivity index (χ2v) is 11.8. The van der Waals surface area contributed by atoms with Gasteiger partial charge in [-0.2, -0.15) is 0 Å². The van der Waals surface area contributed by atoms with Crippen LogP contribution >= 0.6 is 0 Å². The van der Waals surface area contributed by atoms with Crippen LogP contribution in [0.3, 0.4) is 0 Å². The van der Waals surface area contributed by atoms with Crippen LogP contribution in [0.4, 0.5) is 5.69 Å². The maximum Gasteiger partial charge on any atom is 0.0809 e. The lowest BCUT2D eigenvalue weighted by Gasteiger charge is -2.60. The van der Waals surface area contributed by atoms with Gasteiger partial charge in [-0.05, 0) is 97.3 Å². The van der Waals surface area contributed by atoms with Crippen LogP contribution in [-0.2, 0) is 0 Å². The summed E-state index contributed by atoms with van der Waals surface area (Å²) in [5, 5.41) is 11.5. The number of hydrogen-bond acceptors (Lipinski definition) is 2. The molecule has 0 heterocycles. The molecule has 30 heavy (non-hydrogen) atoms. The number of anilines is 1. The maximum absolute atomic E-state index is 11.5. The van der Waals surface area contributed by atoms with E-state index in [1.54, 1.807) is 0 Å². The molecule has 4 aliphatic carbocycles. The normalized spacial score (nSPS) is 44.3. The molecule has 1 aromatic carbocycles. The molecule has 7 atom stereocenters. The van der Waals surface area contributed by atoms with Crippen LogP contribution in [0, 0.1) is 34.5 Å². The van der Waals surface area contributed by atoms with Gasteiger partial charge in [0.1, 0.15) is 0 Å². The van der Waals surface area contributed by atoms with Gasteiger partial charge in [-0.1, -0.05) is 44.9 Å². The van der Waals surface area contributed by atoms with Gasteiger partial charge in [-0.3, -0.25) is 0 Å². The van der Waals surface area contributed by atoms with Gasteiger partial charge >= 0.3 is 0 Å². The monoisotopic (exact) mass is 407 g/mol. The Morgan fingerprint density at radius 2 is 1.67 bits per heavy atom. The molecule has 0 amide bonds. The van der Waals surface area contributed by atoms with E-state index in [2.05, 4.69) is 63.2 Å². The number of rotatable bonds is 2. The Morgan fingerprint density at radius 1 is 0.900 bits per heavy atom. The zero-order valence-electron chi connectivity index (χ0n) is 19.5. The van der Waals surface area contributed by atoms with E-state index in [-0.39, 0.29) is 11.5 Å². The highest BCUT2D eigenvalue weighted by Gasteiger charge is 2.60. The van der Waals surface area contributed by atoms with Crippen molar-refractivity contribution in [1.29, 1.82) is 0 Å². The highest BCUT2D eigenvalue weighted by Crippen LogP contribution is 2.67. The van der Waals surface area contributed by atoms with E-state index in [9.17, 15) is 5.11 Å². The van der Waals surface area contributed by atoms with Gasteiger partial charge in [0, 0.05) is 25.2 Å². The van der Waals surface area contributed by atoms with Crippen LogP contribution in [0.15, 0.2) is 29.8 Å². The van der Waals surface area contributed by atoms with Crippen LogP contribution < -0.4 is 4.90 Å². The highest BCUT2D eigenvalue weighted by atomic mass is 16.3. The van der Waals surface area contributed by atoms with E-state index in [1.165, 1.54) is 68.2 Å². The average Bonchev–Trinajstić information content (AvgIpc) is 2.98. The highest BCUT2D eigenvalue weighted by molar-refractivity contribution is 5.59. The third kappa shape index (κ3) is 3.08. The molecule has 1 N–H and O–H groups in total. The van der Waals surface area contributed by atoms with Crippen molar-refractivity contribution < 1.29 is 5.11 Å². The first-order chi connectivity index (χ1) is 14.3. The fourth-order valence-electron chi connectivity index (χ4n) is 8.38. The lowest BCUT2D eigenvalue weighted by Crippen LogP contribution is -2.53. The van der Waals surface area contributed by atoms with E-state index in [1.807, 2.05) is 0 Å². The first-order valence-electron chi connectivity index (χ1n) is 12.5. The summed E-state index contributed by atoms with van der Waals surface area (Å²) in [6.07, 6.45) is 14.3. The predicted molar refractivity (Wildman–Crippen MR) is 126 cm³/mol. The zero-order valence-corrected chi connectivity index (χ0v) is 19.5. The second-order valence-electron chi connectivity index (χ2n) is 11.8. The third-order valence-corrected chi connectivity index (χ3v) is 10.2. The topological polar surface area (TPSA) is 23.5 Å². The van der Waals surface area contributed by atoms with Crippen LogP contribution in [0.1, 0.15) is 77.2 Å². The quantitative estimate of drug-likeness (QED) is 0.602. The molecule has 4 aliphatic rings. The summed E-state index contributed by atoms with van der Waals surface area (Å²) in [7, 11) is 4.16. The minimum Gasteiger partial charge on any atom is -0.388 e. The molecule has 0 saturated heterocycles. The number of benzene rings is 1. The van der Waals surface area contributed by atoms with Crippen LogP contribution in [-0.4, -0.2) is 25.3 Å². The van der Waals surface area contributed by atoms with Crippen molar-refractivity contribution in [3.63, 3.8) is 0 Å². The lowest BCUT2D eigenvalue weighted by atomic mass is 9.45. The van der Waals surface area contributed by atoms with E-state index in [0.29, 0.717) is 11.3 Å². The Morgan fingerprint density at radius 3 is 2.40 bits per heavy atom. The lowest BCUT2D eigenvalue weighted by molar-refractivity contribution is -0.119. The molecule has 2 heteroatoms. The molecular weight excluding hydrogens is 366 g/mol. The van der Waals surface area contributed by atoms with Crippen molar-refractivity contribution >= 4 is 11.8 Å². The molecule has 0 radical (unpaired) electrons. The summed E-state index contributed by atoms with van der Waals surface area (Å²) in [6.45, 7) is 5.05. The van der Waals surface area contributed by atoms with Gasteiger partial charge < -0.3 is 10.0 Å². The summed E-state index contributed by atoms with van der Waals surface area (Å²) < 4.78 is 0. The average molecular weight is 408 g/mol. The molecule has 5 unspecified atom stereocenters. The maximum atomic E-state index is 11.5. The summed E-state index contributed by atoms with van der Waals surface area (Å²) in [6, 6.07) is 8.78. The molecule has 2 nitrogen and oxygen atoms in total. The number of aliphatic hydroxyl groups excluding tert-OH is 1. The zero-order chi connectivity index (χ0) is 21.1. The first-order valence-corrected chi connectivity index (χ1v) is 12.5. The number of nitrogens with zero attached hydrogens (tertiary/aromatic N) is 1. The summed E-state index contributed by atoms with van der Waals surface area (Å²) in [5.74, 6) is 3.34. The van der Waals surface area contributed by atoms with Gasteiger partial charge in [0.25, 0.3) is 0 Å². The van der Waals surface area contributed by atoms with Crippen molar-refractivity contribution in [3.05, 3.63) is 35.4 Å². The SMILES string of the molecule is CN(C)c1ccc(/C=C2/CC3C4CCC5CCCC[C@@]5(C)C4CC[C@@]3(C)C2O)cc1. The van der Waals surface area contributed by atoms with Crippen LogP contribution in [0.5, 0.6) is 0 Å². The van der Waals surface area contributed by atoms with Crippen molar-refractivity contribution in [3.8, 4) is 0 Å². The molecule has 5 rings (SSSR count). The van der Waals surface area contributed by atoms with E-state index >= 15 is 0 Å². The van der Waals surface area contributed by atoms with Gasteiger partial charge in [-0.25, -0.2) is 0 Å². The van der Waals surface area contributed by atoms with Crippen molar-refractivity contribution in [1.82, 2.24) is 0 Å². The number of fused-ring (bicyclic) bond motifs is 5. The fraction of sp³-hybridized carbons (Fsp3) is 0.714. The van der Waals surface area contributed by atoms with Crippen molar-refractivity contribution in [2.24, 2.45) is 34.5 Å². The van der Waals surface area contributed by atoms with Crippen molar-refractivity contribution in [2.45, 2.75) is 77.7 Å². The van der Waals surface area contributed by atoms with E-state index < -0.39 is 0 Å². The molecule has 1 aromatic rings. The van der Waals surface area contributed by atoms with Crippen molar-refractivity contribution in [2.75, 3.05) is 19.0 Å². The molecule has 0 bridgehead atoms. The number of hydrogen-bond donors (Lipinski definition) is 1. The van der Waals surface area contributed by atoms with Gasteiger partial charge in [0.2, 0.25) is 0 Å². The first kappa shape index (κ1) is 20.6. The molecular formula is C28H41NO. The molecule has 0 aliphatic heterocycles. The smallest absolute Gasteiger partial charge is 0.0809 e. The van der Waals surface area contributed by atoms with Crippen LogP contribution in [0.2, 0.25) is 0 Å².